The normalized spacial score (nSPS) is 12.4. The van der Waals surface area contributed by atoms with Crippen molar-refractivity contribution in [3.05, 3.63) is 24.3 Å². The van der Waals surface area contributed by atoms with E-state index in [0.717, 1.165) is 4.31 Å². The molecule has 1 aromatic carbocycles. The second kappa shape index (κ2) is 5.80. The molecule has 1 rings (SSSR count). The lowest BCUT2D eigenvalue weighted by Crippen LogP contribution is -2.37. The van der Waals surface area contributed by atoms with Crippen LogP contribution in [0.4, 0.5) is 5.69 Å². The van der Waals surface area contributed by atoms with Crippen LogP contribution in [0.5, 0.6) is 0 Å². The van der Waals surface area contributed by atoms with Gasteiger partial charge in [-0.25, -0.2) is 12.7 Å². The topological polar surface area (TPSA) is 92.5 Å². The van der Waals surface area contributed by atoms with Crippen molar-refractivity contribution in [3.8, 4) is 0 Å². The zero-order valence-electron chi connectivity index (χ0n) is 12.2. The van der Waals surface area contributed by atoms with Crippen molar-refractivity contribution in [2.24, 2.45) is 11.1 Å². The Morgan fingerprint density at radius 1 is 1.30 bits per heavy atom. The highest BCUT2D eigenvalue weighted by molar-refractivity contribution is 7.89. The number of sulfonamides is 1. The van der Waals surface area contributed by atoms with Gasteiger partial charge < -0.3 is 11.1 Å². The summed E-state index contributed by atoms with van der Waals surface area (Å²) in [5, 5.41) is 2.99. The second-order valence-corrected chi connectivity index (χ2v) is 7.51. The highest BCUT2D eigenvalue weighted by atomic mass is 32.2. The first-order chi connectivity index (χ1) is 9.09. The number of nitrogens with zero attached hydrogens (tertiary/aromatic N) is 1. The molecule has 3 N–H and O–H groups in total. The van der Waals surface area contributed by atoms with Crippen LogP contribution in [0, 0.1) is 5.41 Å². The zero-order valence-corrected chi connectivity index (χ0v) is 13.0. The minimum absolute atomic E-state index is 0.172. The molecule has 112 valence electrons. The number of carbonyl (C=O) groups is 1. The molecule has 1 amide bonds. The van der Waals surface area contributed by atoms with Crippen molar-refractivity contribution in [2.45, 2.75) is 18.7 Å². The fraction of sp³-hybridized carbons (Fsp3) is 0.462. The molecule has 0 radical (unpaired) electrons. The van der Waals surface area contributed by atoms with Crippen LogP contribution in [0.3, 0.4) is 0 Å². The third-order valence-corrected chi connectivity index (χ3v) is 4.91. The number of benzene rings is 1. The van der Waals surface area contributed by atoms with Crippen molar-refractivity contribution in [3.63, 3.8) is 0 Å². The Labute approximate surface area is 120 Å². The lowest BCUT2D eigenvalue weighted by molar-refractivity contribution is -0.125. The van der Waals surface area contributed by atoms with Crippen LogP contribution < -0.4 is 11.1 Å². The van der Waals surface area contributed by atoms with E-state index in [1.807, 2.05) is 0 Å². The zero-order chi connectivity index (χ0) is 15.6. The lowest BCUT2D eigenvalue weighted by atomic mass is 9.93. The summed E-state index contributed by atoms with van der Waals surface area (Å²) in [6.07, 6.45) is 0. The number of rotatable bonds is 6. The first-order valence-electron chi connectivity index (χ1n) is 6.14. The highest BCUT2D eigenvalue weighted by Crippen LogP contribution is 2.24. The molecule has 0 aliphatic rings. The molecule has 20 heavy (non-hydrogen) atoms. The van der Waals surface area contributed by atoms with Crippen molar-refractivity contribution in [2.75, 3.05) is 26.0 Å². The van der Waals surface area contributed by atoms with Crippen LogP contribution in [0.25, 0.3) is 0 Å². The first-order valence-corrected chi connectivity index (χ1v) is 7.58. The first kappa shape index (κ1) is 16.5. The number of carbonyl (C=O) groups excluding carboxylic acids is 1. The average molecular weight is 299 g/mol. The van der Waals surface area contributed by atoms with Gasteiger partial charge in [-0.2, -0.15) is 0 Å². The van der Waals surface area contributed by atoms with E-state index in [-0.39, 0.29) is 11.4 Å². The Bertz CT molecular complexity index is 595. The number of hydrogen-bond donors (Lipinski definition) is 2. The van der Waals surface area contributed by atoms with Crippen LogP contribution in [-0.2, 0) is 14.8 Å². The maximum atomic E-state index is 12.2. The largest absolute Gasteiger partial charge is 0.383 e. The van der Waals surface area contributed by atoms with E-state index >= 15 is 0 Å². The molecule has 0 aliphatic carbocycles. The molecule has 0 spiro atoms. The van der Waals surface area contributed by atoms with Gasteiger partial charge in [-0.15, -0.1) is 0 Å². The quantitative estimate of drug-likeness (QED) is 0.815. The smallest absolute Gasteiger partial charge is 0.244 e. The number of nitrogens with one attached hydrogen (secondary N) is 1. The summed E-state index contributed by atoms with van der Waals surface area (Å²) >= 11 is 0. The fourth-order valence-electron chi connectivity index (χ4n) is 1.44. The summed E-state index contributed by atoms with van der Waals surface area (Å²) in [4.78, 5) is 11.5. The van der Waals surface area contributed by atoms with E-state index in [0.29, 0.717) is 5.69 Å². The van der Waals surface area contributed by atoms with E-state index in [1.54, 1.807) is 32.0 Å². The van der Waals surface area contributed by atoms with Crippen molar-refractivity contribution in [1.82, 2.24) is 4.31 Å². The minimum atomic E-state index is -3.54. The van der Waals surface area contributed by atoms with Crippen LogP contribution in [0.2, 0.25) is 0 Å². The van der Waals surface area contributed by atoms with Crippen molar-refractivity contribution < 1.29 is 13.2 Å². The Morgan fingerprint density at radius 2 is 1.85 bits per heavy atom. The Morgan fingerprint density at radius 3 is 2.35 bits per heavy atom. The van der Waals surface area contributed by atoms with Crippen LogP contribution >= 0.6 is 0 Å². The minimum Gasteiger partial charge on any atom is -0.383 e. The van der Waals surface area contributed by atoms with Gasteiger partial charge in [-0.1, -0.05) is 12.1 Å². The average Bonchev–Trinajstić information content (AvgIpc) is 2.36. The van der Waals surface area contributed by atoms with Gasteiger partial charge in [-0.05, 0) is 26.0 Å². The highest BCUT2D eigenvalue weighted by Gasteiger charge is 2.26. The summed E-state index contributed by atoms with van der Waals surface area (Å²) in [6, 6.07) is 6.57. The van der Waals surface area contributed by atoms with Gasteiger partial charge in [0.25, 0.3) is 0 Å². The molecule has 0 fully saturated rings. The van der Waals surface area contributed by atoms with Gasteiger partial charge in [-0.3, -0.25) is 4.79 Å². The Balaban J connectivity index is 3.08. The predicted octanol–water partition coefficient (Wildman–Crippen LogP) is 0.860. The molecule has 0 bridgehead atoms. The van der Waals surface area contributed by atoms with Crippen LogP contribution in [-0.4, -0.2) is 39.3 Å². The maximum Gasteiger partial charge on any atom is 0.244 e. The number of anilines is 1. The third kappa shape index (κ3) is 3.49. The molecule has 1 aromatic rings. The summed E-state index contributed by atoms with van der Waals surface area (Å²) in [7, 11) is -0.597. The number of hydrogen-bond acceptors (Lipinski definition) is 4. The molecule has 0 aromatic heterocycles. The fourth-order valence-corrected chi connectivity index (χ4v) is 2.50. The lowest BCUT2D eigenvalue weighted by Gasteiger charge is -2.23. The molecule has 0 atom stereocenters. The van der Waals surface area contributed by atoms with Gasteiger partial charge in [0.2, 0.25) is 15.9 Å². The summed E-state index contributed by atoms with van der Waals surface area (Å²) in [6.45, 7) is 3.65. The molecule has 7 heteroatoms. The van der Waals surface area contributed by atoms with E-state index in [9.17, 15) is 13.2 Å². The standard InChI is InChI=1S/C13H21N3O3S/c1-13(2,12(14)17)9-15-10-7-5-6-8-11(10)20(18,19)16(3)4/h5-8,15H,9H2,1-4H3,(H2,14,17). The van der Waals surface area contributed by atoms with Gasteiger partial charge in [0.15, 0.2) is 0 Å². The number of nitrogens with two attached hydrogens (primary N) is 1. The van der Waals surface area contributed by atoms with Gasteiger partial charge in [0, 0.05) is 20.6 Å². The molecule has 0 heterocycles. The van der Waals surface area contributed by atoms with Crippen molar-refractivity contribution >= 4 is 21.6 Å². The van der Waals surface area contributed by atoms with Gasteiger partial charge in [0.05, 0.1) is 11.1 Å². The Kier molecular flexibility index (Phi) is 4.77. The number of primary amides is 1. The Hall–Kier alpha value is -1.60. The molecular formula is C13H21N3O3S. The van der Waals surface area contributed by atoms with E-state index in [1.165, 1.54) is 20.2 Å². The number of amides is 1. The molecule has 0 saturated heterocycles. The third-order valence-electron chi connectivity index (χ3n) is 3.03. The second-order valence-electron chi connectivity index (χ2n) is 5.39. The van der Waals surface area contributed by atoms with Gasteiger partial charge in [0.1, 0.15) is 4.90 Å². The van der Waals surface area contributed by atoms with Gasteiger partial charge >= 0.3 is 0 Å². The summed E-state index contributed by atoms with van der Waals surface area (Å²) < 4.78 is 25.6. The van der Waals surface area contributed by atoms with E-state index < -0.39 is 21.3 Å². The summed E-state index contributed by atoms with van der Waals surface area (Å²) in [5.41, 5.74) is 4.99. The van der Waals surface area contributed by atoms with E-state index in [4.69, 9.17) is 5.73 Å². The SMILES string of the molecule is CN(C)S(=O)(=O)c1ccccc1NCC(C)(C)C(N)=O. The molecular weight excluding hydrogens is 278 g/mol. The maximum absolute atomic E-state index is 12.2. The molecule has 0 saturated carbocycles. The molecule has 0 unspecified atom stereocenters. The summed E-state index contributed by atoms with van der Waals surface area (Å²) in [5.74, 6) is -0.446. The molecule has 0 aliphatic heterocycles. The predicted molar refractivity (Wildman–Crippen MR) is 78.8 cm³/mol. The number of para-hydroxylation sites is 1. The van der Waals surface area contributed by atoms with Crippen LogP contribution in [0.1, 0.15) is 13.8 Å². The van der Waals surface area contributed by atoms with E-state index in [2.05, 4.69) is 5.32 Å². The van der Waals surface area contributed by atoms with Crippen LogP contribution in [0.15, 0.2) is 29.2 Å². The molecule has 6 nitrogen and oxygen atoms in total. The monoisotopic (exact) mass is 299 g/mol. The van der Waals surface area contributed by atoms with Crippen molar-refractivity contribution in [1.29, 1.82) is 0 Å².